The summed E-state index contributed by atoms with van der Waals surface area (Å²) < 4.78 is 11.6. The van der Waals surface area contributed by atoms with Crippen LogP contribution in [0.3, 0.4) is 0 Å². The van der Waals surface area contributed by atoms with Crippen LogP contribution >= 0.6 is 0 Å². The molecule has 2 aromatic carbocycles. The Bertz CT molecular complexity index is 1430. The van der Waals surface area contributed by atoms with Crippen LogP contribution in [0.15, 0.2) is 61.7 Å². The molecular formula is C38H50N2O4. The van der Waals surface area contributed by atoms with Gasteiger partial charge in [-0.15, -0.1) is 0 Å². The molecule has 6 nitrogen and oxygen atoms in total. The monoisotopic (exact) mass is 598 g/mol. The Labute approximate surface area is 263 Å². The molecule has 236 valence electrons. The highest BCUT2D eigenvalue weighted by molar-refractivity contribution is 5.70. The van der Waals surface area contributed by atoms with Crippen LogP contribution in [0.2, 0.25) is 0 Å². The van der Waals surface area contributed by atoms with Crippen LogP contribution in [0, 0.1) is 35.5 Å². The molecule has 3 aliphatic carbocycles. The molecule has 2 aromatic rings. The number of hydrogen-bond acceptors (Lipinski definition) is 4. The summed E-state index contributed by atoms with van der Waals surface area (Å²) in [4.78, 5) is 25.7. The van der Waals surface area contributed by atoms with Gasteiger partial charge in [0, 0.05) is 0 Å². The summed E-state index contributed by atoms with van der Waals surface area (Å²) in [6.45, 7) is 20.9. The lowest BCUT2D eigenvalue weighted by Crippen LogP contribution is -2.42. The molecule has 2 N–H and O–H groups in total. The maximum absolute atomic E-state index is 12.9. The molecule has 2 bridgehead atoms. The minimum absolute atomic E-state index is 0.368. The van der Waals surface area contributed by atoms with Crippen molar-refractivity contribution in [2.24, 2.45) is 35.5 Å². The number of ether oxygens (including phenoxy) is 2. The van der Waals surface area contributed by atoms with Crippen LogP contribution in [-0.2, 0) is 20.6 Å². The van der Waals surface area contributed by atoms with E-state index in [1.54, 1.807) is 0 Å². The van der Waals surface area contributed by atoms with E-state index in [1.807, 2.05) is 77.9 Å². The average molecular weight is 599 g/mol. The fourth-order valence-corrected chi connectivity index (χ4v) is 8.10. The highest BCUT2D eigenvalue weighted by Crippen LogP contribution is 2.62. The summed E-state index contributed by atoms with van der Waals surface area (Å²) in [5.41, 5.74) is 5.04. The van der Waals surface area contributed by atoms with Gasteiger partial charge in [-0.1, -0.05) is 60.7 Å². The van der Waals surface area contributed by atoms with E-state index in [-0.39, 0.29) is 12.2 Å². The average Bonchev–Trinajstić information content (AvgIpc) is 3.67. The highest BCUT2D eigenvalue weighted by Gasteiger charge is 2.56. The van der Waals surface area contributed by atoms with Gasteiger partial charge < -0.3 is 20.1 Å². The van der Waals surface area contributed by atoms with Crippen LogP contribution in [0.4, 0.5) is 9.59 Å². The van der Waals surface area contributed by atoms with E-state index in [0.717, 1.165) is 52.7 Å². The fraction of sp³-hybridized carbons (Fsp3) is 0.526. The highest BCUT2D eigenvalue weighted by atomic mass is 16.6. The zero-order chi connectivity index (χ0) is 31.8. The number of hydrogen-bond donors (Lipinski definition) is 2. The SMILES string of the molecule is C=C(C)c1cccc(C(C)(C)NC(=O)OCC2CC3C4CC(COC(=O)NC(C)(C)c5cccc(C(=C)C)c5)C(C4)C3C2)c1. The van der Waals surface area contributed by atoms with E-state index in [9.17, 15) is 9.59 Å². The lowest BCUT2D eigenvalue weighted by Gasteiger charge is -2.32. The predicted octanol–water partition coefficient (Wildman–Crippen LogP) is 8.67. The Balaban J connectivity index is 1.08. The molecule has 2 amide bonds. The summed E-state index contributed by atoms with van der Waals surface area (Å²) in [5, 5.41) is 6.13. The topological polar surface area (TPSA) is 76.7 Å². The van der Waals surface area contributed by atoms with E-state index < -0.39 is 11.1 Å². The van der Waals surface area contributed by atoms with Crippen molar-refractivity contribution in [2.45, 2.75) is 78.3 Å². The predicted molar refractivity (Wildman–Crippen MR) is 177 cm³/mol. The maximum Gasteiger partial charge on any atom is 0.407 e. The zero-order valence-electron chi connectivity index (χ0n) is 27.4. The summed E-state index contributed by atoms with van der Waals surface area (Å²) in [7, 11) is 0. The number of alkyl carbamates (subject to hydrolysis) is 2. The van der Waals surface area contributed by atoms with E-state index >= 15 is 0 Å². The standard InChI is InChI=1S/C38H50N2O4/c1-23(2)26-11-9-13-30(18-26)37(5,6)39-35(41)43-21-25-15-32-28-17-29(33(20-28)34(32)16-25)22-44-36(42)40-38(7,8)31-14-10-12-27(19-31)24(3)4/h9-14,18-19,25,28-29,32-34H,1,3,15-17,20-22H2,2,4-8H3,(H,39,41)(H,40,42). The number of rotatable bonds is 10. The molecule has 3 saturated carbocycles. The van der Waals surface area contributed by atoms with Crippen molar-refractivity contribution in [2.75, 3.05) is 13.2 Å². The first-order valence-electron chi connectivity index (χ1n) is 16.2. The van der Waals surface area contributed by atoms with Gasteiger partial charge >= 0.3 is 12.2 Å². The first-order chi connectivity index (χ1) is 20.7. The minimum atomic E-state index is -0.558. The summed E-state index contributed by atoms with van der Waals surface area (Å²) in [5.74, 6) is 3.38. The molecule has 0 saturated heterocycles. The van der Waals surface area contributed by atoms with Gasteiger partial charge in [-0.05, 0) is 137 Å². The Hall–Kier alpha value is -3.54. The van der Waals surface area contributed by atoms with Gasteiger partial charge in [0.25, 0.3) is 0 Å². The fourth-order valence-electron chi connectivity index (χ4n) is 8.10. The second kappa shape index (κ2) is 12.5. The maximum atomic E-state index is 12.9. The first-order valence-corrected chi connectivity index (χ1v) is 16.2. The molecule has 6 heteroatoms. The number of nitrogens with one attached hydrogen (secondary N) is 2. The van der Waals surface area contributed by atoms with Crippen LogP contribution in [0.1, 0.15) is 89.5 Å². The van der Waals surface area contributed by atoms with Crippen LogP contribution < -0.4 is 10.6 Å². The largest absolute Gasteiger partial charge is 0.449 e. The van der Waals surface area contributed by atoms with Crippen molar-refractivity contribution in [3.05, 3.63) is 83.9 Å². The lowest BCUT2D eigenvalue weighted by molar-refractivity contribution is 0.0819. The van der Waals surface area contributed by atoms with Gasteiger partial charge in [-0.2, -0.15) is 0 Å². The van der Waals surface area contributed by atoms with Gasteiger partial charge in [0.05, 0.1) is 24.3 Å². The van der Waals surface area contributed by atoms with Crippen molar-refractivity contribution in [1.29, 1.82) is 0 Å². The molecule has 0 aliphatic heterocycles. The second-order valence-electron chi connectivity index (χ2n) is 14.7. The molecule has 0 spiro atoms. The third kappa shape index (κ3) is 6.90. The van der Waals surface area contributed by atoms with Crippen LogP contribution in [0.5, 0.6) is 0 Å². The molecule has 0 heterocycles. The quantitative estimate of drug-likeness (QED) is 0.287. The molecular weight excluding hydrogens is 548 g/mol. The Kier molecular flexibility index (Phi) is 9.02. The number of carbonyl (C=O) groups excluding carboxylic acids is 2. The molecule has 6 atom stereocenters. The van der Waals surface area contributed by atoms with Crippen molar-refractivity contribution in [3.63, 3.8) is 0 Å². The van der Waals surface area contributed by atoms with Gasteiger partial charge in [-0.25, -0.2) is 9.59 Å². The Morgan fingerprint density at radius 3 is 1.75 bits per heavy atom. The molecule has 44 heavy (non-hydrogen) atoms. The Morgan fingerprint density at radius 2 is 1.23 bits per heavy atom. The number of carbonyl (C=O) groups is 2. The van der Waals surface area contributed by atoms with Crippen molar-refractivity contribution in [1.82, 2.24) is 10.6 Å². The van der Waals surface area contributed by atoms with Crippen LogP contribution in [0.25, 0.3) is 11.1 Å². The van der Waals surface area contributed by atoms with E-state index in [2.05, 4.69) is 35.9 Å². The molecule has 3 fully saturated rings. The molecule has 6 unspecified atom stereocenters. The molecule has 5 rings (SSSR count). The van der Waals surface area contributed by atoms with E-state index in [4.69, 9.17) is 9.47 Å². The summed E-state index contributed by atoms with van der Waals surface area (Å²) in [6, 6.07) is 16.2. The third-order valence-electron chi connectivity index (χ3n) is 10.6. The first kappa shape index (κ1) is 31.9. The van der Waals surface area contributed by atoms with E-state index in [1.165, 1.54) is 6.42 Å². The van der Waals surface area contributed by atoms with Gasteiger partial charge in [-0.3, -0.25) is 0 Å². The Morgan fingerprint density at radius 1 is 0.727 bits per heavy atom. The lowest BCUT2D eigenvalue weighted by atomic mass is 9.76. The normalized spacial score (nSPS) is 25.7. The molecule has 0 radical (unpaired) electrons. The van der Waals surface area contributed by atoms with Crippen molar-refractivity contribution >= 4 is 23.3 Å². The summed E-state index contributed by atoms with van der Waals surface area (Å²) in [6.07, 6.45) is 3.81. The van der Waals surface area contributed by atoms with E-state index in [0.29, 0.717) is 48.7 Å². The van der Waals surface area contributed by atoms with Crippen LogP contribution in [-0.4, -0.2) is 25.4 Å². The summed E-state index contributed by atoms with van der Waals surface area (Å²) >= 11 is 0. The van der Waals surface area contributed by atoms with Gasteiger partial charge in [0.15, 0.2) is 0 Å². The van der Waals surface area contributed by atoms with Gasteiger partial charge in [0.2, 0.25) is 0 Å². The molecule has 3 aliphatic rings. The van der Waals surface area contributed by atoms with Crippen molar-refractivity contribution in [3.8, 4) is 0 Å². The third-order valence-corrected chi connectivity index (χ3v) is 10.6. The number of benzene rings is 2. The van der Waals surface area contributed by atoms with Crippen molar-refractivity contribution < 1.29 is 19.1 Å². The number of fused-ring (bicyclic) bond motifs is 5. The second-order valence-corrected chi connectivity index (χ2v) is 14.7. The zero-order valence-corrected chi connectivity index (χ0v) is 27.4. The molecule has 0 aromatic heterocycles. The van der Waals surface area contributed by atoms with Gasteiger partial charge in [0.1, 0.15) is 0 Å². The number of amides is 2. The number of allylic oxidation sites excluding steroid dienone is 2. The smallest absolute Gasteiger partial charge is 0.407 e. The minimum Gasteiger partial charge on any atom is -0.449 e.